The molecular weight excluding hydrogens is 220 g/mol. The molecule has 0 heterocycles. The summed E-state index contributed by atoms with van der Waals surface area (Å²) in [6, 6.07) is 5.38. The number of aliphatic hydroxyl groups excluding tert-OH is 1. The van der Waals surface area contributed by atoms with Crippen LogP contribution in [-0.4, -0.2) is 32.5 Å². The molecule has 0 aliphatic rings. The minimum atomic E-state index is -0.589. The fourth-order valence-electron chi connectivity index (χ4n) is 1.57. The Bertz CT molecular complexity index is 329. The number of benzene rings is 1. The smallest absolute Gasteiger partial charge is 0.122 e. The van der Waals surface area contributed by atoms with E-state index in [1.54, 1.807) is 39.5 Å². The second-order valence-electron chi connectivity index (χ2n) is 3.94. The Kier molecular flexibility index (Phi) is 5.25. The van der Waals surface area contributed by atoms with Crippen LogP contribution in [0.3, 0.4) is 0 Å². The molecule has 0 aliphatic heterocycles. The van der Waals surface area contributed by atoms with E-state index in [1.807, 2.05) is 6.92 Å². The summed E-state index contributed by atoms with van der Waals surface area (Å²) in [5.74, 6) is 1.34. The van der Waals surface area contributed by atoms with Gasteiger partial charge in [0, 0.05) is 19.6 Å². The molecule has 17 heavy (non-hydrogen) atoms. The van der Waals surface area contributed by atoms with E-state index in [2.05, 4.69) is 0 Å². The molecule has 2 unspecified atom stereocenters. The minimum absolute atomic E-state index is 0.00203. The van der Waals surface area contributed by atoms with Crippen molar-refractivity contribution in [2.24, 2.45) is 0 Å². The number of rotatable bonds is 6. The fourth-order valence-corrected chi connectivity index (χ4v) is 1.57. The lowest BCUT2D eigenvalue weighted by Crippen LogP contribution is -2.11. The van der Waals surface area contributed by atoms with E-state index in [0.717, 1.165) is 5.56 Å². The zero-order valence-corrected chi connectivity index (χ0v) is 10.8. The van der Waals surface area contributed by atoms with Crippen molar-refractivity contribution in [1.82, 2.24) is 0 Å². The highest BCUT2D eigenvalue weighted by molar-refractivity contribution is 5.39. The largest absolute Gasteiger partial charge is 0.497 e. The summed E-state index contributed by atoms with van der Waals surface area (Å²) in [6.45, 7) is 1.92. The molecule has 1 aromatic rings. The van der Waals surface area contributed by atoms with Crippen molar-refractivity contribution in [3.63, 3.8) is 0 Å². The van der Waals surface area contributed by atoms with Gasteiger partial charge in [0.2, 0.25) is 0 Å². The van der Waals surface area contributed by atoms with Gasteiger partial charge in [0.05, 0.1) is 26.4 Å². The van der Waals surface area contributed by atoms with Crippen LogP contribution in [0.2, 0.25) is 0 Å². The summed E-state index contributed by atoms with van der Waals surface area (Å²) >= 11 is 0. The maximum atomic E-state index is 10.1. The lowest BCUT2D eigenvalue weighted by atomic mass is 10.0. The van der Waals surface area contributed by atoms with Gasteiger partial charge >= 0.3 is 0 Å². The fraction of sp³-hybridized carbons (Fsp3) is 0.538. The molecule has 0 radical (unpaired) electrons. The first kappa shape index (κ1) is 13.8. The van der Waals surface area contributed by atoms with Crippen molar-refractivity contribution >= 4 is 0 Å². The summed E-state index contributed by atoms with van der Waals surface area (Å²) < 4.78 is 15.4. The maximum Gasteiger partial charge on any atom is 0.122 e. The zero-order chi connectivity index (χ0) is 12.8. The highest BCUT2D eigenvalue weighted by Crippen LogP contribution is 2.28. The van der Waals surface area contributed by atoms with Crippen LogP contribution in [-0.2, 0) is 4.74 Å². The molecule has 0 aliphatic carbocycles. The number of methoxy groups -OCH3 is 3. The lowest BCUT2D eigenvalue weighted by molar-refractivity contribution is 0.0558. The number of hydrogen-bond acceptors (Lipinski definition) is 4. The summed E-state index contributed by atoms with van der Waals surface area (Å²) in [5, 5.41) is 10.1. The van der Waals surface area contributed by atoms with Crippen LogP contribution in [0, 0.1) is 0 Å². The Hall–Kier alpha value is -1.26. The third-order valence-electron chi connectivity index (χ3n) is 2.72. The van der Waals surface area contributed by atoms with Crippen LogP contribution in [0.5, 0.6) is 11.5 Å². The molecule has 0 amide bonds. The highest BCUT2D eigenvalue weighted by Gasteiger charge is 2.14. The van der Waals surface area contributed by atoms with E-state index >= 15 is 0 Å². The quantitative estimate of drug-likeness (QED) is 0.827. The first-order valence-corrected chi connectivity index (χ1v) is 5.54. The monoisotopic (exact) mass is 240 g/mol. The molecule has 1 rings (SSSR count). The normalized spacial score (nSPS) is 14.2. The van der Waals surface area contributed by atoms with Gasteiger partial charge in [-0.3, -0.25) is 0 Å². The van der Waals surface area contributed by atoms with Crippen LogP contribution < -0.4 is 9.47 Å². The first-order chi connectivity index (χ1) is 8.10. The van der Waals surface area contributed by atoms with E-state index in [4.69, 9.17) is 14.2 Å². The molecule has 0 bridgehead atoms. The topological polar surface area (TPSA) is 47.9 Å². The van der Waals surface area contributed by atoms with E-state index in [9.17, 15) is 5.11 Å². The molecule has 4 heteroatoms. The number of ether oxygens (including phenoxy) is 3. The zero-order valence-electron chi connectivity index (χ0n) is 10.8. The van der Waals surface area contributed by atoms with Gasteiger partial charge in [0.25, 0.3) is 0 Å². The molecule has 0 aromatic heterocycles. The third-order valence-corrected chi connectivity index (χ3v) is 2.72. The van der Waals surface area contributed by atoms with Gasteiger partial charge in [-0.25, -0.2) is 0 Å². The predicted octanol–water partition coefficient (Wildman–Crippen LogP) is 2.16. The average molecular weight is 240 g/mol. The van der Waals surface area contributed by atoms with Gasteiger partial charge in [-0.1, -0.05) is 0 Å². The van der Waals surface area contributed by atoms with Gasteiger partial charge in [-0.2, -0.15) is 0 Å². The van der Waals surface area contributed by atoms with Crippen molar-refractivity contribution in [2.45, 2.75) is 25.6 Å². The summed E-state index contributed by atoms with van der Waals surface area (Å²) in [5.41, 5.74) is 0.769. The van der Waals surface area contributed by atoms with E-state index in [0.29, 0.717) is 17.9 Å². The number of aliphatic hydroxyl groups is 1. The second-order valence-corrected chi connectivity index (χ2v) is 3.94. The molecule has 2 atom stereocenters. The van der Waals surface area contributed by atoms with Crippen LogP contribution in [0.25, 0.3) is 0 Å². The van der Waals surface area contributed by atoms with Gasteiger partial charge in [-0.15, -0.1) is 0 Å². The van der Waals surface area contributed by atoms with Crippen molar-refractivity contribution in [3.05, 3.63) is 23.8 Å². The van der Waals surface area contributed by atoms with Crippen molar-refractivity contribution in [2.75, 3.05) is 21.3 Å². The Morgan fingerprint density at radius 2 is 1.59 bits per heavy atom. The minimum Gasteiger partial charge on any atom is -0.497 e. The molecule has 0 saturated heterocycles. The molecule has 0 spiro atoms. The van der Waals surface area contributed by atoms with Crippen molar-refractivity contribution in [3.8, 4) is 11.5 Å². The van der Waals surface area contributed by atoms with Crippen LogP contribution in [0.4, 0.5) is 0 Å². The standard InChI is InChI=1S/C13H20O4/c1-9(15-2)5-13(14)10-6-11(16-3)8-12(7-10)17-4/h6-9,13-14H,5H2,1-4H3. The van der Waals surface area contributed by atoms with Crippen LogP contribution >= 0.6 is 0 Å². The third kappa shape index (κ3) is 3.91. The Balaban J connectivity index is 2.88. The molecule has 1 aromatic carbocycles. The highest BCUT2D eigenvalue weighted by atomic mass is 16.5. The van der Waals surface area contributed by atoms with Crippen molar-refractivity contribution < 1.29 is 19.3 Å². The van der Waals surface area contributed by atoms with E-state index in [1.165, 1.54) is 0 Å². The van der Waals surface area contributed by atoms with Crippen molar-refractivity contribution in [1.29, 1.82) is 0 Å². The number of hydrogen-bond donors (Lipinski definition) is 1. The average Bonchev–Trinajstić information content (AvgIpc) is 2.37. The molecule has 1 N–H and O–H groups in total. The second kappa shape index (κ2) is 6.47. The van der Waals surface area contributed by atoms with Gasteiger partial charge in [-0.05, 0) is 24.6 Å². The summed E-state index contributed by atoms with van der Waals surface area (Å²) in [6.07, 6.45) is -0.0524. The molecular formula is C13H20O4. The summed E-state index contributed by atoms with van der Waals surface area (Å²) in [4.78, 5) is 0. The SMILES string of the molecule is COc1cc(OC)cc(C(O)CC(C)OC)c1. The van der Waals surface area contributed by atoms with E-state index < -0.39 is 6.10 Å². The summed E-state index contributed by atoms with van der Waals surface area (Å²) in [7, 11) is 4.80. The Morgan fingerprint density at radius 3 is 2.00 bits per heavy atom. The van der Waals surface area contributed by atoms with E-state index in [-0.39, 0.29) is 6.10 Å². The van der Waals surface area contributed by atoms with Crippen LogP contribution in [0.15, 0.2) is 18.2 Å². The predicted molar refractivity (Wildman–Crippen MR) is 65.6 cm³/mol. The Labute approximate surface area is 102 Å². The molecule has 96 valence electrons. The lowest BCUT2D eigenvalue weighted by Gasteiger charge is -2.17. The molecule has 4 nitrogen and oxygen atoms in total. The Morgan fingerprint density at radius 1 is 1.06 bits per heavy atom. The van der Waals surface area contributed by atoms with Gasteiger partial charge in [0.1, 0.15) is 11.5 Å². The van der Waals surface area contributed by atoms with Gasteiger partial charge < -0.3 is 19.3 Å². The van der Waals surface area contributed by atoms with Crippen LogP contribution in [0.1, 0.15) is 25.0 Å². The first-order valence-electron chi connectivity index (χ1n) is 5.54. The molecule has 0 fully saturated rings. The van der Waals surface area contributed by atoms with Gasteiger partial charge in [0.15, 0.2) is 0 Å². The maximum absolute atomic E-state index is 10.1. The molecule has 0 saturated carbocycles.